The van der Waals surface area contributed by atoms with Gasteiger partial charge >= 0.3 is 0 Å². The monoisotopic (exact) mass is 167 g/mol. The van der Waals surface area contributed by atoms with Crippen LogP contribution in [-0.2, 0) is 0 Å². The number of aliphatic hydroxyl groups excluding tert-OH is 2. The minimum Gasteiger partial charge on any atom is -0.390 e. The molecular weight excluding hydrogens is 154 g/mol. The van der Waals surface area contributed by atoms with Crippen LogP contribution in [0.2, 0.25) is 0 Å². The van der Waals surface area contributed by atoms with E-state index in [0.29, 0.717) is 6.42 Å². The minimum atomic E-state index is -0.696. The Kier molecular flexibility index (Phi) is 4.20. The molecular formula is C6H14ClNO2. The number of halogens is 1. The molecule has 0 aromatic carbocycles. The first-order valence-corrected chi connectivity index (χ1v) is 3.33. The Morgan fingerprint density at radius 1 is 1.20 bits per heavy atom. The first-order valence-electron chi connectivity index (χ1n) is 3.33. The molecule has 1 rings (SSSR count). The van der Waals surface area contributed by atoms with Crippen LogP contribution in [0.3, 0.4) is 0 Å². The Labute approximate surface area is 66.6 Å². The van der Waals surface area contributed by atoms with Crippen molar-refractivity contribution in [2.24, 2.45) is 5.73 Å². The summed E-state index contributed by atoms with van der Waals surface area (Å²) in [4.78, 5) is 0. The smallest absolute Gasteiger partial charge is 0.0949 e. The molecule has 1 aliphatic rings. The zero-order chi connectivity index (χ0) is 6.85. The van der Waals surface area contributed by atoms with Crippen LogP contribution in [0.1, 0.15) is 19.3 Å². The molecule has 0 saturated heterocycles. The van der Waals surface area contributed by atoms with Crippen molar-refractivity contribution in [1.82, 2.24) is 0 Å². The van der Waals surface area contributed by atoms with E-state index in [9.17, 15) is 0 Å². The molecule has 1 unspecified atom stereocenters. The van der Waals surface area contributed by atoms with Gasteiger partial charge in [0.05, 0.1) is 12.2 Å². The first kappa shape index (κ1) is 10.2. The Bertz CT molecular complexity index is 91.7. The summed E-state index contributed by atoms with van der Waals surface area (Å²) in [6, 6.07) is -0.214. The quantitative estimate of drug-likeness (QED) is 0.462. The van der Waals surface area contributed by atoms with Crippen molar-refractivity contribution in [3.05, 3.63) is 0 Å². The fraction of sp³-hybridized carbons (Fsp3) is 1.00. The Hall–Kier alpha value is 0.170. The molecule has 0 amide bonds. The second kappa shape index (κ2) is 4.13. The molecule has 62 valence electrons. The van der Waals surface area contributed by atoms with Crippen molar-refractivity contribution >= 4 is 12.4 Å². The summed E-state index contributed by atoms with van der Waals surface area (Å²) in [6.07, 6.45) is 1.17. The van der Waals surface area contributed by atoms with Crippen molar-refractivity contribution in [3.8, 4) is 0 Å². The summed E-state index contributed by atoms with van der Waals surface area (Å²) in [5.74, 6) is 0. The molecule has 1 aliphatic carbocycles. The van der Waals surface area contributed by atoms with Gasteiger partial charge in [-0.15, -0.1) is 12.4 Å². The molecule has 4 N–H and O–H groups in total. The van der Waals surface area contributed by atoms with Crippen LogP contribution in [0, 0.1) is 0 Å². The second-order valence-electron chi connectivity index (χ2n) is 2.65. The van der Waals surface area contributed by atoms with Gasteiger partial charge in [0.1, 0.15) is 0 Å². The first-order chi connectivity index (χ1) is 4.22. The lowest BCUT2D eigenvalue weighted by Crippen LogP contribution is -2.46. The summed E-state index contributed by atoms with van der Waals surface area (Å²) in [5, 5.41) is 18.1. The van der Waals surface area contributed by atoms with Crippen LogP contribution in [0.15, 0.2) is 0 Å². The highest BCUT2D eigenvalue weighted by Crippen LogP contribution is 2.16. The lowest BCUT2D eigenvalue weighted by atomic mass is 9.91. The summed E-state index contributed by atoms with van der Waals surface area (Å²) in [6.45, 7) is 0. The van der Waals surface area contributed by atoms with Crippen LogP contribution < -0.4 is 5.73 Å². The van der Waals surface area contributed by atoms with Gasteiger partial charge in [-0.2, -0.15) is 0 Å². The Balaban J connectivity index is 0.000000810. The van der Waals surface area contributed by atoms with E-state index in [4.69, 9.17) is 15.9 Å². The fourth-order valence-electron chi connectivity index (χ4n) is 1.19. The van der Waals surface area contributed by atoms with Gasteiger partial charge in [-0.3, -0.25) is 0 Å². The molecule has 1 saturated carbocycles. The number of aliphatic hydroxyl groups is 2. The molecule has 0 bridgehead atoms. The third kappa shape index (κ3) is 2.09. The predicted octanol–water partition coefficient (Wildman–Crippen LogP) is -0.359. The molecule has 0 spiro atoms. The van der Waals surface area contributed by atoms with E-state index in [1.54, 1.807) is 0 Å². The maximum Gasteiger partial charge on any atom is 0.0949 e. The molecule has 0 aromatic rings. The normalized spacial score (nSPS) is 40.5. The Morgan fingerprint density at radius 3 is 2.20 bits per heavy atom. The summed E-state index contributed by atoms with van der Waals surface area (Å²) in [7, 11) is 0. The lowest BCUT2D eigenvalue weighted by molar-refractivity contribution is -0.0205. The van der Waals surface area contributed by atoms with E-state index >= 15 is 0 Å². The number of rotatable bonds is 0. The van der Waals surface area contributed by atoms with E-state index in [1.807, 2.05) is 0 Å². The molecule has 0 aliphatic heterocycles. The number of hydrogen-bond acceptors (Lipinski definition) is 3. The van der Waals surface area contributed by atoms with Crippen molar-refractivity contribution in [2.75, 3.05) is 0 Å². The average Bonchev–Trinajstić information content (AvgIpc) is 1.83. The summed E-state index contributed by atoms with van der Waals surface area (Å²) >= 11 is 0. The van der Waals surface area contributed by atoms with E-state index in [2.05, 4.69) is 0 Å². The standard InChI is InChI=1S/C6H13NO2.ClH/c7-4-2-1-3-5(8)6(4)9;/h4-6,8-9H,1-3,7H2;1H/t4?,5-,6+;/m1./s1. The fourth-order valence-corrected chi connectivity index (χ4v) is 1.19. The van der Waals surface area contributed by atoms with E-state index in [0.717, 1.165) is 12.8 Å². The van der Waals surface area contributed by atoms with Crippen molar-refractivity contribution in [2.45, 2.75) is 37.5 Å². The van der Waals surface area contributed by atoms with Crippen molar-refractivity contribution in [3.63, 3.8) is 0 Å². The predicted molar refractivity (Wildman–Crippen MR) is 41.1 cm³/mol. The van der Waals surface area contributed by atoms with Gasteiger partial charge in [0.2, 0.25) is 0 Å². The highest BCUT2D eigenvalue weighted by atomic mass is 35.5. The highest BCUT2D eigenvalue weighted by molar-refractivity contribution is 5.85. The molecule has 0 aromatic heterocycles. The average molecular weight is 168 g/mol. The van der Waals surface area contributed by atoms with Gasteiger partial charge in [0, 0.05) is 6.04 Å². The highest BCUT2D eigenvalue weighted by Gasteiger charge is 2.26. The Morgan fingerprint density at radius 2 is 1.80 bits per heavy atom. The topological polar surface area (TPSA) is 66.5 Å². The molecule has 3 nitrogen and oxygen atoms in total. The van der Waals surface area contributed by atoms with E-state index in [1.165, 1.54) is 0 Å². The van der Waals surface area contributed by atoms with Crippen LogP contribution in [0.4, 0.5) is 0 Å². The summed E-state index contributed by atoms with van der Waals surface area (Å²) in [5.41, 5.74) is 5.46. The second-order valence-corrected chi connectivity index (χ2v) is 2.65. The van der Waals surface area contributed by atoms with E-state index < -0.39 is 12.2 Å². The van der Waals surface area contributed by atoms with Crippen LogP contribution in [0.25, 0.3) is 0 Å². The number of hydrogen-bond donors (Lipinski definition) is 3. The van der Waals surface area contributed by atoms with Crippen LogP contribution in [-0.4, -0.2) is 28.5 Å². The molecule has 3 atom stereocenters. The maximum atomic E-state index is 9.07. The van der Waals surface area contributed by atoms with Gasteiger partial charge in [-0.1, -0.05) is 0 Å². The van der Waals surface area contributed by atoms with Crippen molar-refractivity contribution < 1.29 is 10.2 Å². The van der Waals surface area contributed by atoms with Gasteiger partial charge in [0.15, 0.2) is 0 Å². The minimum absolute atomic E-state index is 0. The third-order valence-electron chi connectivity index (χ3n) is 1.87. The number of nitrogens with two attached hydrogens (primary N) is 1. The van der Waals surface area contributed by atoms with Crippen LogP contribution >= 0.6 is 12.4 Å². The molecule has 0 heterocycles. The van der Waals surface area contributed by atoms with Gasteiger partial charge in [0.25, 0.3) is 0 Å². The lowest BCUT2D eigenvalue weighted by Gasteiger charge is -2.28. The SMILES string of the molecule is Cl.NC1CCC[C@@H](O)[C@H]1O. The zero-order valence-electron chi connectivity index (χ0n) is 5.73. The molecule has 4 heteroatoms. The maximum absolute atomic E-state index is 9.07. The largest absolute Gasteiger partial charge is 0.390 e. The van der Waals surface area contributed by atoms with Crippen LogP contribution in [0.5, 0.6) is 0 Å². The van der Waals surface area contributed by atoms with Crippen molar-refractivity contribution in [1.29, 1.82) is 0 Å². The van der Waals surface area contributed by atoms with Gasteiger partial charge in [-0.05, 0) is 19.3 Å². The molecule has 10 heavy (non-hydrogen) atoms. The van der Waals surface area contributed by atoms with Gasteiger partial charge in [-0.25, -0.2) is 0 Å². The molecule has 0 radical (unpaired) electrons. The van der Waals surface area contributed by atoms with E-state index in [-0.39, 0.29) is 18.4 Å². The third-order valence-corrected chi connectivity index (χ3v) is 1.87. The van der Waals surface area contributed by atoms with Gasteiger partial charge < -0.3 is 15.9 Å². The molecule has 1 fully saturated rings. The summed E-state index contributed by atoms with van der Waals surface area (Å²) < 4.78 is 0. The zero-order valence-corrected chi connectivity index (χ0v) is 6.55.